The highest BCUT2D eigenvalue weighted by Gasteiger charge is 2.24. The number of rotatable bonds is 1. The number of hydrogen-bond donors (Lipinski definition) is 1. The van der Waals surface area contributed by atoms with Gasteiger partial charge in [-0.3, -0.25) is 9.59 Å². The highest BCUT2D eigenvalue weighted by molar-refractivity contribution is 5.89. The molecule has 0 aromatic carbocycles. The van der Waals surface area contributed by atoms with Crippen molar-refractivity contribution in [1.29, 1.82) is 0 Å². The molecule has 1 fully saturated rings. The summed E-state index contributed by atoms with van der Waals surface area (Å²) in [5.74, 6) is 0.0652. The average molecular weight is 141 g/mol. The molecule has 0 aromatic rings. The normalized spacial score (nSPS) is 24.9. The fourth-order valence-electron chi connectivity index (χ4n) is 1.21. The lowest BCUT2D eigenvalue weighted by Gasteiger charge is -2.06. The van der Waals surface area contributed by atoms with Crippen LogP contribution >= 0.6 is 0 Å². The fourth-order valence-corrected chi connectivity index (χ4v) is 1.21. The lowest BCUT2D eigenvalue weighted by atomic mass is 10.2. The molecule has 0 unspecified atom stereocenters. The number of nitrogens with one attached hydrogen (secondary N) is 1. The van der Waals surface area contributed by atoms with Crippen LogP contribution in [0.5, 0.6) is 0 Å². The smallest absolute Gasteiger partial charge is 0.217 e. The van der Waals surface area contributed by atoms with Crippen molar-refractivity contribution in [2.45, 2.75) is 32.2 Å². The van der Waals surface area contributed by atoms with Crippen LogP contribution in [0.25, 0.3) is 0 Å². The summed E-state index contributed by atoms with van der Waals surface area (Å²) < 4.78 is 0. The van der Waals surface area contributed by atoms with Crippen LogP contribution in [0.2, 0.25) is 0 Å². The van der Waals surface area contributed by atoms with Crippen molar-refractivity contribution in [1.82, 2.24) is 5.32 Å². The average Bonchev–Trinajstić information content (AvgIpc) is 2.15. The SMILES string of the molecule is CC(=O)N[C@@H]1CCCC1=O. The molecule has 56 valence electrons. The predicted octanol–water partition coefficient (Wildman–Crippen LogP) is 0.244. The molecule has 0 heterocycles. The molecule has 1 atom stereocenters. The number of Topliss-reactive ketones (excluding diaryl/α,β-unsaturated/α-hetero) is 1. The van der Waals surface area contributed by atoms with Crippen molar-refractivity contribution < 1.29 is 9.59 Å². The first kappa shape index (κ1) is 7.25. The summed E-state index contributed by atoms with van der Waals surface area (Å²) in [4.78, 5) is 21.4. The van der Waals surface area contributed by atoms with E-state index in [0.717, 1.165) is 12.8 Å². The highest BCUT2D eigenvalue weighted by Crippen LogP contribution is 2.13. The van der Waals surface area contributed by atoms with E-state index in [-0.39, 0.29) is 17.7 Å². The molecule has 0 aromatic heterocycles. The summed E-state index contributed by atoms with van der Waals surface area (Å²) in [5.41, 5.74) is 0. The molecular formula is C7H11NO2. The number of ketones is 1. The maximum Gasteiger partial charge on any atom is 0.217 e. The first-order chi connectivity index (χ1) is 4.70. The number of amides is 1. The van der Waals surface area contributed by atoms with Crippen molar-refractivity contribution in [3.8, 4) is 0 Å². The van der Waals surface area contributed by atoms with E-state index in [0.29, 0.717) is 6.42 Å². The van der Waals surface area contributed by atoms with Crippen molar-refractivity contribution in [3.05, 3.63) is 0 Å². The molecule has 1 N–H and O–H groups in total. The zero-order valence-corrected chi connectivity index (χ0v) is 6.02. The molecule has 0 saturated heterocycles. The lowest BCUT2D eigenvalue weighted by Crippen LogP contribution is -2.35. The van der Waals surface area contributed by atoms with Crippen molar-refractivity contribution in [2.24, 2.45) is 0 Å². The van der Waals surface area contributed by atoms with Crippen LogP contribution < -0.4 is 5.32 Å². The van der Waals surface area contributed by atoms with Crippen LogP contribution in [0.1, 0.15) is 26.2 Å². The van der Waals surface area contributed by atoms with Crippen LogP contribution in [-0.4, -0.2) is 17.7 Å². The second-order valence-electron chi connectivity index (χ2n) is 2.61. The molecular weight excluding hydrogens is 130 g/mol. The third kappa shape index (κ3) is 1.56. The van der Waals surface area contributed by atoms with E-state index >= 15 is 0 Å². The van der Waals surface area contributed by atoms with Gasteiger partial charge in [-0.2, -0.15) is 0 Å². The number of carbonyl (C=O) groups is 2. The summed E-state index contributed by atoms with van der Waals surface area (Å²) in [5, 5.41) is 2.60. The van der Waals surface area contributed by atoms with E-state index in [2.05, 4.69) is 5.32 Å². The van der Waals surface area contributed by atoms with Gasteiger partial charge >= 0.3 is 0 Å². The van der Waals surface area contributed by atoms with Gasteiger partial charge in [0.05, 0.1) is 6.04 Å². The van der Waals surface area contributed by atoms with E-state index < -0.39 is 0 Å². The first-order valence-electron chi connectivity index (χ1n) is 3.50. The molecule has 0 spiro atoms. The van der Waals surface area contributed by atoms with Gasteiger partial charge in [-0.25, -0.2) is 0 Å². The summed E-state index contributed by atoms with van der Waals surface area (Å²) >= 11 is 0. The summed E-state index contributed by atoms with van der Waals surface area (Å²) in [7, 11) is 0. The quantitative estimate of drug-likeness (QED) is 0.568. The maximum absolute atomic E-state index is 10.9. The first-order valence-corrected chi connectivity index (χ1v) is 3.50. The standard InChI is InChI=1S/C7H11NO2/c1-5(9)8-6-3-2-4-7(6)10/h6H,2-4H2,1H3,(H,8,9)/t6-/m1/s1. The Kier molecular flexibility index (Phi) is 2.04. The monoisotopic (exact) mass is 141 g/mol. The topological polar surface area (TPSA) is 46.2 Å². The van der Waals surface area contributed by atoms with Gasteiger partial charge in [0.2, 0.25) is 5.91 Å². The Morgan fingerprint density at radius 2 is 2.40 bits per heavy atom. The second-order valence-corrected chi connectivity index (χ2v) is 2.61. The van der Waals surface area contributed by atoms with Crippen LogP contribution in [0.15, 0.2) is 0 Å². The number of carbonyl (C=O) groups excluding carboxylic acids is 2. The summed E-state index contributed by atoms with van der Waals surface area (Å²) in [6.07, 6.45) is 2.37. The minimum atomic E-state index is -0.183. The van der Waals surface area contributed by atoms with Gasteiger partial charge in [0.1, 0.15) is 0 Å². The molecule has 10 heavy (non-hydrogen) atoms. The Morgan fingerprint density at radius 3 is 2.80 bits per heavy atom. The van der Waals surface area contributed by atoms with E-state index in [1.54, 1.807) is 0 Å². The summed E-state index contributed by atoms with van der Waals surface area (Å²) in [6, 6.07) is -0.183. The number of hydrogen-bond acceptors (Lipinski definition) is 2. The Hall–Kier alpha value is -0.860. The lowest BCUT2D eigenvalue weighted by molar-refractivity contribution is -0.125. The molecule has 1 amide bonds. The van der Waals surface area contributed by atoms with E-state index in [4.69, 9.17) is 0 Å². The Labute approximate surface area is 59.8 Å². The molecule has 1 aliphatic carbocycles. The molecule has 0 aliphatic heterocycles. The zero-order chi connectivity index (χ0) is 7.56. The van der Waals surface area contributed by atoms with Crippen molar-refractivity contribution in [2.75, 3.05) is 0 Å². The summed E-state index contributed by atoms with van der Waals surface area (Å²) in [6.45, 7) is 1.44. The minimum absolute atomic E-state index is 0.111. The molecule has 0 radical (unpaired) electrons. The van der Waals surface area contributed by atoms with Gasteiger partial charge in [0.25, 0.3) is 0 Å². The Morgan fingerprint density at radius 1 is 1.70 bits per heavy atom. The molecule has 0 bridgehead atoms. The second kappa shape index (κ2) is 2.82. The minimum Gasteiger partial charge on any atom is -0.347 e. The third-order valence-corrected chi connectivity index (χ3v) is 1.68. The third-order valence-electron chi connectivity index (χ3n) is 1.68. The molecule has 1 rings (SSSR count). The van der Waals surface area contributed by atoms with Gasteiger partial charge in [0, 0.05) is 13.3 Å². The maximum atomic E-state index is 10.9. The van der Waals surface area contributed by atoms with Crippen molar-refractivity contribution >= 4 is 11.7 Å². The van der Waals surface area contributed by atoms with Crippen LogP contribution in [0.3, 0.4) is 0 Å². The Balaban J connectivity index is 2.40. The molecule has 3 heteroatoms. The van der Waals surface area contributed by atoms with Crippen LogP contribution in [-0.2, 0) is 9.59 Å². The molecule has 1 saturated carbocycles. The van der Waals surface area contributed by atoms with Gasteiger partial charge in [-0.05, 0) is 12.8 Å². The zero-order valence-electron chi connectivity index (χ0n) is 6.02. The largest absolute Gasteiger partial charge is 0.347 e. The van der Waals surface area contributed by atoms with Crippen LogP contribution in [0.4, 0.5) is 0 Å². The van der Waals surface area contributed by atoms with Crippen molar-refractivity contribution in [3.63, 3.8) is 0 Å². The van der Waals surface area contributed by atoms with E-state index in [9.17, 15) is 9.59 Å². The van der Waals surface area contributed by atoms with E-state index in [1.165, 1.54) is 6.92 Å². The van der Waals surface area contributed by atoms with Gasteiger partial charge < -0.3 is 5.32 Å². The molecule has 3 nitrogen and oxygen atoms in total. The Bertz CT molecular complexity index is 165. The van der Waals surface area contributed by atoms with E-state index in [1.807, 2.05) is 0 Å². The van der Waals surface area contributed by atoms with Crippen LogP contribution in [0, 0.1) is 0 Å². The molecule has 1 aliphatic rings. The van der Waals surface area contributed by atoms with Gasteiger partial charge in [-0.15, -0.1) is 0 Å². The van der Waals surface area contributed by atoms with Gasteiger partial charge in [-0.1, -0.05) is 0 Å². The van der Waals surface area contributed by atoms with Gasteiger partial charge in [0.15, 0.2) is 5.78 Å². The fraction of sp³-hybridized carbons (Fsp3) is 0.714. The highest BCUT2D eigenvalue weighted by atomic mass is 16.2. The predicted molar refractivity (Wildman–Crippen MR) is 36.5 cm³/mol.